The molecule has 0 aliphatic rings. The second kappa shape index (κ2) is 6.61. The van der Waals surface area contributed by atoms with Crippen LogP contribution in [0.4, 0.5) is 10.5 Å². The van der Waals surface area contributed by atoms with Gasteiger partial charge in [-0.25, -0.2) is 4.79 Å². The molecule has 1 aromatic rings. The van der Waals surface area contributed by atoms with Gasteiger partial charge in [-0.15, -0.1) is 0 Å². The summed E-state index contributed by atoms with van der Waals surface area (Å²) in [7, 11) is 0. The van der Waals surface area contributed by atoms with E-state index in [0.717, 1.165) is 0 Å². The van der Waals surface area contributed by atoms with Crippen molar-refractivity contribution >= 4 is 45.2 Å². The lowest BCUT2D eigenvalue weighted by Crippen LogP contribution is -2.34. The van der Waals surface area contributed by atoms with E-state index in [1.807, 2.05) is 0 Å². The van der Waals surface area contributed by atoms with Crippen LogP contribution in [0.25, 0.3) is 0 Å². The lowest BCUT2D eigenvalue weighted by Gasteiger charge is -2.11. The van der Waals surface area contributed by atoms with E-state index in [2.05, 4.69) is 26.6 Å². The highest BCUT2D eigenvalue weighted by Gasteiger charge is 2.12. The lowest BCUT2D eigenvalue weighted by atomic mass is 10.2. The molecule has 5 nitrogen and oxygen atoms in total. The summed E-state index contributed by atoms with van der Waals surface area (Å²) >= 11 is 9.07. The van der Waals surface area contributed by atoms with Crippen molar-refractivity contribution in [3.63, 3.8) is 0 Å². The molecule has 0 saturated carbocycles. The molecule has 0 heterocycles. The van der Waals surface area contributed by atoms with Crippen molar-refractivity contribution in [3.05, 3.63) is 27.7 Å². The van der Waals surface area contributed by atoms with Crippen LogP contribution in [0.15, 0.2) is 22.7 Å². The van der Waals surface area contributed by atoms with Crippen LogP contribution in [0, 0.1) is 5.92 Å². The van der Waals surface area contributed by atoms with Crippen molar-refractivity contribution in [3.8, 4) is 0 Å². The first-order valence-electron chi connectivity index (χ1n) is 5.13. The molecule has 0 aliphatic carbocycles. The van der Waals surface area contributed by atoms with Gasteiger partial charge in [0.2, 0.25) is 0 Å². The largest absolute Gasteiger partial charge is 0.481 e. The van der Waals surface area contributed by atoms with Crippen molar-refractivity contribution in [2.24, 2.45) is 5.92 Å². The average Bonchev–Trinajstić information content (AvgIpc) is 2.30. The average molecular weight is 336 g/mol. The molecular formula is C11H12BrClN2O3. The summed E-state index contributed by atoms with van der Waals surface area (Å²) in [6, 6.07) is 4.50. The number of carboxylic acids is 1. The number of carbonyl (C=O) groups excluding carboxylic acids is 1. The predicted molar refractivity (Wildman–Crippen MR) is 73.0 cm³/mol. The van der Waals surface area contributed by atoms with Crippen molar-refractivity contribution in [1.82, 2.24) is 5.32 Å². The number of carboxylic acid groups (broad SMARTS) is 1. The van der Waals surface area contributed by atoms with Gasteiger partial charge in [0.1, 0.15) is 0 Å². The molecule has 0 fully saturated rings. The Morgan fingerprint density at radius 1 is 1.50 bits per heavy atom. The third-order valence-electron chi connectivity index (χ3n) is 2.17. The van der Waals surface area contributed by atoms with E-state index in [9.17, 15) is 9.59 Å². The number of rotatable bonds is 4. The number of nitrogens with one attached hydrogen (secondary N) is 2. The minimum atomic E-state index is -0.959. The Morgan fingerprint density at radius 2 is 2.17 bits per heavy atom. The molecule has 1 aromatic carbocycles. The number of benzene rings is 1. The molecule has 0 aromatic heterocycles. The highest BCUT2D eigenvalue weighted by Crippen LogP contribution is 2.25. The zero-order chi connectivity index (χ0) is 13.7. The number of halogens is 2. The van der Waals surface area contributed by atoms with Crippen LogP contribution in [-0.2, 0) is 4.79 Å². The Kier molecular flexibility index (Phi) is 5.43. The fraction of sp³-hybridized carbons (Fsp3) is 0.273. The van der Waals surface area contributed by atoms with Crippen LogP contribution in [0.3, 0.4) is 0 Å². The van der Waals surface area contributed by atoms with Gasteiger partial charge in [-0.05, 0) is 34.1 Å². The molecule has 1 atom stereocenters. The van der Waals surface area contributed by atoms with E-state index in [1.165, 1.54) is 6.92 Å². The lowest BCUT2D eigenvalue weighted by molar-refractivity contribution is -0.140. The van der Waals surface area contributed by atoms with Crippen LogP contribution < -0.4 is 10.6 Å². The predicted octanol–water partition coefficient (Wildman–Crippen LogP) is 2.94. The van der Waals surface area contributed by atoms with Crippen LogP contribution in [-0.4, -0.2) is 23.7 Å². The number of carbonyl (C=O) groups is 2. The third kappa shape index (κ3) is 4.54. The molecule has 2 amide bonds. The number of urea groups is 1. The van der Waals surface area contributed by atoms with Crippen molar-refractivity contribution in [2.75, 3.05) is 11.9 Å². The molecule has 1 rings (SSSR count). The third-order valence-corrected chi connectivity index (χ3v) is 3.09. The smallest absolute Gasteiger partial charge is 0.319 e. The molecule has 0 aliphatic heterocycles. The van der Waals surface area contributed by atoms with E-state index in [1.54, 1.807) is 18.2 Å². The van der Waals surface area contributed by atoms with E-state index in [0.29, 0.717) is 15.2 Å². The number of aliphatic carboxylic acids is 1. The normalized spacial score (nSPS) is 11.7. The van der Waals surface area contributed by atoms with Gasteiger partial charge in [-0.1, -0.05) is 18.5 Å². The van der Waals surface area contributed by atoms with E-state index in [-0.39, 0.29) is 6.54 Å². The van der Waals surface area contributed by atoms with Crippen LogP contribution in [0.1, 0.15) is 6.92 Å². The first-order chi connectivity index (χ1) is 8.40. The fourth-order valence-electron chi connectivity index (χ4n) is 1.09. The Balaban J connectivity index is 2.54. The highest BCUT2D eigenvalue weighted by molar-refractivity contribution is 9.10. The topological polar surface area (TPSA) is 78.4 Å². The van der Waals surface area contributed by atoms with Gasteiger partial charge in [0.25, 0.3) is 0 Å². The van der Waals surface area contributed by atoms with E-state index >= 15 is 0 Å². The molecule has 7 heteroatoms. The number of hydrogen-bond acceptors (Lipinski definition) is 2. The molecule has 1 unspecified atom stereocenters. The second-order valence-corrected chi connectivity index (χ2v) is 4.99. The van der Waals surface area contributed by atoms with Gasteiger partial charge in [0, 0.05) is 16.0 Å². The maximum atomic E-state index is 11.5. The summed E-state index contributed by atoms with van der Waals surface area (Å²) in [6.45, 7) is 1.57. The number of anilines is 1. The molecule has 0 saturated heterocycles. The first-order valence-corrected chi connectivity index (χ1v) is 6.30. The maximum Gasteiger partial charge on any atom is 0.319 e. The summed E-state index contributed by atoms with van der Waals surface area (Å²) in [5.74, 6) is -1.60. The van der Waals surface area contributed by atoms with Gasteiger partial charge in [0.15, 0.2) is 0 Å². The second-order valence-electron chi connectivity index (χ2n) is 3.70. The monoisotopic (exact) mass is 334 g/mol. The standard InChI is InChI=1S/C11H12BrClN2O3/c1-6(10(16)17)5-14-11(18)15-9-4-7(13)2-3-8(9)12/h2-4,6H,5H2,1H3,(H,16,17)(H2,14,15,18). The van der Waals surface area contributed by atoms with Crippen molar-refractivity contribution in [1.29, 1.82) is 0 Å². The molecule has 0 bridgehead atoms. The number of amides is 2. The molecular weight excluding hydrogens is 323 g/mol. The zero-order valence-electron chi connectivity index (χ0n) is 9.54. The fourth-order valence-corrected chi connectivity index (χ4v) is 1.61. The van der Waals surface area contributed by atoms with Gasteiger partial charge in [-0.3, -0.25) is 4.79 Å². The Bertz CT molecular complexity index is 468. The van der Waals surface area contributed by atoms with Crippen molar-refractivity contribution < 1.29 is 14.7 Å². The Labute approximate surface area is 118 Å². The van der Waals surface area contributed by atoms with E-state index in [4.69, 9.17) is 16.7 Å². The molecule has 98 valence electrons. The minimum Gasteiger partial charge on any atom is -0.481 e. The number of hydrogen-bond donors (Lipinski definition) is 3. The van der Waals surface area contributed by atoms with Crippen LogP contribution in [0.5, 0.6) is 0 Å². The summed E-state index contributed by atoms with van der Waals surface area (Å²) in [4.78, 5) is 22.1. The SMILES string of the molecule is CC(CNC(=O)Nc1cc(Cl)ccc1Br)C(=O)O. The van der Waals surface area contributed by atoms with Gasteiger partial charge >= 0.3 is 12.0 Å². The van der Waals surface area contributed by atoms with Gasteiger partial charge in [0.05, 0.1) is 11.6 Å². The summed E-state index contributed by atoms with van der Waals surface area (Å²) in [6.07, 6.45) is 0. The minimum absolute atomic E-state index is 0.0549. The van der Waals surface area contributed by atoms with Gasteiger partial charge in [-0.2, -0.15) is 0 Å². The first kappa shape index (κ1) is 14.8. The Morgan fingerprint density at radius 3 is 2.78 bits per heavy atom. The van der Waals surface area contributed by atoms with Crippen LogP contribution >= 0.6 is 27.5 Å². The molecule has 0 spiro atoms. The summed E-state index contributed by atoms with van der Waals surface area (Å²) in [5, 5.41) is 14.2. The molecule has 3 N–H and O–H groups in total. The molecule has 0 radical (unpaired) electrons. The van der Waals surface area contributed by atoms with Crippen molar-refractivity contribution in [2.45, 2.75) is 6.92 Å². The zero-order valence-corrected chi connectivity index (χ0v) is 11.9. The van der Waals surface area contributed by atoms with Crippen LogP contribution in [0.2, 0.25) is 5.02 Å². The summed E-state index contributed by atoms with van der Waals surface area (Å²) < 4.78 is 0.688. The Hall–Kier alpha value is -1.27. The van der Waals surface area contributed by atoms with E-state index < -0.39 is 17.9 Å². The van der Waals surface area contributed by atoms with Gasteiger partial charge < -0.3 is 15.7 Å². The quantitative estimate of drug-likeness (QED) is 0.791. The maximum absolute atomic E-state index is 11.5. The highest BCUT2D eigenvalue weighted by atomic mass is 79.9. The summed E-state index contributed by atoms with van der Waals surface area (Å²) in [5.41, 5.74) is 0.517. The molecule has 18 heavy (non-hydrogen) atoms.